The fourth-order valence-electron chi connectivity index (χ4n) is 2.45. The summed E-state index contributed by atoms with van der Waals surface area (Å²) in [6.45, 7) is 0. The topological polar surface area (TPSA) is 97.5 Å². The van der Waals surface area contributed by atoms with E-state index < -0.39 is 21.1 Å². The van der Waals surface area contributed by atoms with Crippen LogP contribution >= 0.6 is 0 Å². The smallest absolute Gasteiger partial charge is 0.335 e. The van der Waals surface area contributed by atoms with E-state index in [1.165, 1.54) is 18.2 Å². The molecule has 6 nitrogen and oxygen atoms in total. The van der Waals surface area contributed by atoms with Crippen molar-refractivity contribution in [2.24, 2.45) is 0 Å². The Balaban J connectivity index is 2.06. The second-order valence-corrected chi connectivity index (χ2v) is 7.19. The number of hydrogen-bond donors (Lipinski definition) is 1. The SMILES string of the molecule is O=C(O)c1ccc2oc(C3CCCCS3(=O)=O)nc2c1. The molecule has 1 aliphatic heterocycles. The van der Waals surface area contributed by atoms with E-state index in [4.69, 9.17) is 9.52 Å². The average Bonchev–Trinajstić information content (AvgIpc) is 2.80. The van der Waals surface area contributed by atoms with Gasteiger partial charge in [-0.1, -0.05) is 6.42 Å². The number of nitrogens with zero attached hydrogens (tertiary/aromatic N) is 1. The van der Waals surface area contributed by atoms with Gasteiger partial charge in [0.15, 0.2) is 15.4 Å². The lowest BCUT2D eigenvalue weighted by molar-refractivity contribution is 0.0697. The van der Waals surface area contributed by atoms with Crippen LogP contribution in [-0.2, 0) is 9.84 Å². The van der Waals surface area contributed by atoms with Crippen LogP contribution in [0, 0.1) is 0 Å². The van der Waals surface area contributed by atoms with Gasteiger partial charge in [-0.3, -0.25) is 0 Å². The second kappa shape index (κ2) is 4.59. The summed E-state index contributed by atoms with van der Waals surface area (Å²) in [5.74, 6) is -0.736. The van der Waals surface area contributed by atoms with Gasteiger partial charge in [-0.05, 0) is 31.0 Å². The fraction of sp³-hybridized carbons (Fsp3) is 0.385. The predicted molar refractivity (Wildman–Crippen MR) is 71.3 cm³/mol. The zero-order valence-corrected chi connectivity index (χ0v) is 11.4. The number of fused-ring (bicyclic) bond motifs is 1. The third-order valence-corrected chi connectivity index (χ3v) is 5.67. The van der Waals surface area contributed by atoms with Crippen molar-refractivity contribution in [3.63, 3.8) is 0 Å². The second-order valence-electron chi connectivity index (χ2n) is 4.89. The Morgan fingerprint density at radius 2 is 2.15 bits per heavy atom. The van der Waals surface area contributed by atoms with Crippen LogP contribution in [0.25, 0.3) is 11.1 Å². The Labute approximate surface area is 115 Å². The monoisotopic (exact) mass is 295 g/mol. The minimum Gasteiger partial charge on any atom is -0.478 e. The van der Waals surface area contributed by atoms with Crippen molar-refractivity contribution in [2.45, 2.75) is 24.5 Å². The number of rotatable bonds is 2. The summed E-state index contributed by atoms with van der Waals surface area (Å²) >= 11 is 0. The molecule has 2 heterocycles. The molecular formula is C13H13NO5S. The molecule has 3 rings (SSSR count). The highest BCUT2D eigenvalue weighted by Gasteiger charge is 2.34. The lowest BCUT2D eigenvalue weighted by Gasteiger charge is -2.18. The van der Waals surface area contributed by atoms with Crippen LogP contribution in [0.15, 0.2) is 22.6 Å². The Kier molecular flexibility index (Phi) is 3.01. The van der Waals surface area contributed by atoms with Gasteiger partial charge < -0.3 is 9.52 Å². The Morgan fingerprint density at radius 3 is 2.85 bits per heavy atom. The van der Waals surface area contributed by atoms with Gasteiger partial charge in [-0.25, -0.2) is 18.2 Å². The first-order chi connectivity index (χ1) is 9.47. The molecule has 0 aliphatic carbocycles. The summed E-state index contributed by atoms with van der Waals surface area (Å²) in [7, 11) is -3.22. The molecule has 7 heteroatoms. The zero-order valence-electron chi connectivity index (χ0n) is 10.6. The first-order valence-corrected chi connectivity index (χ1v) is 8.04. The van der Waals surface area contributed by atoms with E-state index in [1.54, 1.807) is 0 Å². The van der Waals surface area contributed by atoms with Gasteiger partial charge in [0.25, 0.3) is 0 Å². The Bertz CT molecular complexity index is 777. The summed E-state index contributed by atoms with van der Waals surface area (Å²) in [5, 5.41) is 8.22. The number of carboxylic acids is 1. The molecule has 0 saturated carbocycles. The number of carbonyl (C=O) groups is 1. The predicted octanol–water partition coefficient (Wildman–Crippen LogP) is 2.17. The molecule has 1 atom stereocenters. The Hall–Kier alpha value is -1.89. The first kappa shape index (κ1) is 13.1. The van der Waals surface area contributed by atoms with Gasteiger partial charge >= 0.3 is 5.97 Å². The zero-order chi connectivity index (χ0) is 14.3. The molecule has 1 aliphatic rings. The molecular weight excluding hydrogens is 282 g/mol. The number of oxazole rings is 1. The summed E-state index contributed by atoms with van der Waals surface area (Å²) < 4.78 is 29.6. The first-order valence-electron chi connectivity index (χ1n) is 6.33. The molecule has 0 bridgehead atoms. The molecule has 1 N–H and O–H groups in total. The van der Waals surface area contributed by atoms with Crippen LogP contribution in [-0.4, -0.2) is 30.2 Å². The maximum Gasteiger partial charge on any atom is 0.335 e. The third kappa shape index (κ3) is 2.18. The van der Waals surface area contributed by atoms with Crippen LogP contribution in [0.1, 0.15) is 40.8 Å². The van der Waals surface area contributed by atoms with Crippen LogP contribution in [0.3, 0.4) is 0 Å². The maximum absolute atomic E-state index is 12.0. The summed E-state index contributed by atoms with van der Waals surface area (Å²) in [5.41, 5.74) is 0.885. The van der Waals surface area contributed by atoms with Crippen molar-refractivity contribution < 1.29 is 22.7 Å². The summed E-state index contributed by atoms with van der Waals surface area (Å²) in [4.78, 5) is 15.1. The number of carboxylic acid groups (broad SMARTS) is 1. The molecule has 20 heavy (non-hydrogen) atoms. The van der Waals surface area contributed by atoms with E-state index in [0.29, 0.717) is 23.9 Å². The molecule has 106 valence electrons. The van der Waals surface area contributed by atoms with Crippen molar-refractivity contribution in [3.8, 4) is 0 Å². The highest BCUT2D eigenvalue weighted by Crippen LogP contribution is 2.34. The van der Waals surface area contributed by atoms with Gasteiger partial charge in [0, 0.05) is 0 Å². The van der Waals surface area contributed by atoms with Crippen LogP contribution < -0.4 is 0 Å². The Morgan fingerprint density at radius 1 is 1.35 bits per heavy atom. The highest BCUT2D eigenvalue weighted by atomic mass is 32.2. The van der Waals surface area contributed by atoms with Crippen LogP contribution in [0.4, 0.5) is 0 Å². The molecule has 0 radical (unpaired) electrons. The number of benzene rings is 1. The van der Waals surface area contributed by atoms with E-state index in [0.717, 1.165) is 6.42 Å². The normalized spacial score (nSPS) is 21.9. The minimum atomic E-state index is -3.22. The lowest BCUT2D eigenvalue weighted by Crippen LogP contribution is -2.21. The van der Waals surface area contributed by atoms with Gasteiger partial charge in [0.1, 0.15) is 10.8 Å². The number of sulfone groups is 1. The van der Waals surface area contributed by atoms with Crippen molar-refractivity contribution in [1.82, 2.24) is 4.98 Å². The van der Waals surface area contributed by atoms with Gasteiger partial charge in [0.2, 0.25) is 5.89 Å². The number of aromatic nitrogens is 1. The molecule has 2 aromatic rings. The summed E-state index contributed by atoms with van der Waals surface area (Å²) in [6, 6.07) is 4.31. The van der Waals surface area contributed by atoms with Gasteiger partial charge in [0.05, 0.1) is 11.3 Å². The molecule has 0 spiro atoms. The molecule has 1 saturated heterocycles. The fourth-order valence-corrected chi connectivity index (χ4v) is 4.27. The van der Waals surface area contributed by atoms with Gasteiger partial charge in [-0.15, -0.1) is 0 Å². The molecule has 1 aromatic heterocycles. The minimum absolute atomic E-state index is 0.101. The van der Waals surface area contributed by atoms with Gasteiger partial charge in [-0.2, -0.15) is 0 Å². The van der Waals surface area contributed by atoms with Crippen molar-refractivity contribution in [3.05, 3.63) is 29.7 Å². The standard InChI is InChI=1S/C13H13NO5S/c15-13(16)8-4-5-10-9(7-8)14-12(19-10)11-3-1-2-6-20(11,17)18/h4-5,7,11H,1-3,6H2,(H,15,16). The van der Waals surface area contributed by atoms with E-state index in [2.05, 4.69) is 4.98 Å². The molecule has 1 fully saturated rings. The summed E-state index contributed by atoms with van der Waals surface area (Å²) in [6.07, 6.45) is 1.99. The quantitative estimate of drug-likeness (QED) is 0.911. The van der Waals surface area contributed by atoms with Crippen molar-refractivity contribution >= 4 is 26.9 Å². The van der Waals surface area contributed by atoms with E-state index in [-0.39, 0.29) is 17.2 Å². The highest BCUT2D eigenvalue weighted by molar-refractivity contribution is 7.91. The van der Waals surface area contributed by atoms with E-state index >= 15 is 0 Å². The van der Waals surface area contributed by atoms with Crippen LogP contribution in [0.5, 0.6) is 0 Å². The lowest BCUT2D eigenvalue weighted by atomic mass is 10.2. The average molecular weight is 295 g/mol. The molecule has 1 aromatic carbocycles. The third-order valence-electron chi connectivity index (χ3n) is 3.51. The molecule has 1 unspecified atom stereocenters. The number of aromatic carboxylic acids is 1. The maximum atomic E-state index is 12.0. The van der Waals surface area contributed by atoms with E-state index in [1.807, 2.05) is 0 Å². The van der Waals surface area contributed by atoms with E-state index in [9.17, 15) is 13.2 Å². The molecule has 0 amide bonds. The van der Waals surface area contributed by atoms with Crippen LogP contribution in [0.2, 0.25) is 0 Å². The van der Waals surface area contributed by atoms with Crippen molar-refractivity contribution in [2.75, 3.05) is 5.75 Å². The van der Waals surface area contributed by atoms with Crippen molar-refractivity contribution in [1.29, 1.82) is 0 Å². The number of hydrogen-bond acceptors (Lipinski definition) is 5. The largest absolute Gasteiger partial charge is 0.478 e.